The maximum atomic E-state index is 12.6. The summed E-state index contributed by atoms with van der Waals surface area (Å²) in [6, 6.07) is 9.49. The first-order valence-corrected chi connectivity index (χ1v) is 9.44. The molecule has 0 atom stereocenters. The van der Waals surface area contributed by atoms with E-state index in [0.717, 1.165) is 12.2 Å². The van der Waals surface area contributed by atoms with Gasteiger partial charge in [0.2, 0.25) is 5.91 Å². The van der Waals surface area contributed by atoms with Gasteiger partial charge in [-0.25, -0.2) is 4.79 Å². The summed E-state index contributed by atoms with van der Waals surface area (Å²) < 4.78 is 11.2. The second-order valence-electron chi connectivity index (χ2n) is 5.84. The first kappa shape index (κ1) is 22.8. The monoisotopic (exact) mass is 432 g/mol. The van der Waals surface area contributed by atoms with Crippen LogP contribution in [-0.4, -0.2) is 36.1 Å². The maximum Gasteiger partial charge on any atom is 0.328 e. The van der Waals surface area contributed by atoms with Crippen LogP contribution in [0.4, 0.5) is 11.4 Å². The van der Waals surface area contributed by atoms with Crippen LogP contribution in [0.25, 0.3) is 0 Å². The maximum absolute atomic E-state index is 12.6. The van der Waals surface area contributed by atoms with E-state index in [1.54, 1.807) is 32.0 Å². The number of amides is 2. The number of ether oxygens (including phenoxy) is 2. The SMILES string of the molecule is CCOc1cc(NC(=O)c2cccc(Cl)c2)c(OCC)cc1NC(=O)C=CC(=O)O. The molecule has 0 unspecified atom stereocenters. The number of aliphatic carboxylic acids is 1. The molecule has 2 rings (SSSR count). The van der Waals surface area contributed by atoms with Crippen molar-refractivity contribution in [3.63, 3.8) is 0 Å². The van der Waals surface area contributed by atoms with Gasteiger partial charge < -0.3 is 25.2 Å². The molecule has 0 fully saturated rings. The highest BCUT2D eigenvalue weighted by Gasteiger charge is 2.16. The quantitative estimate of drug-likeness (QED) is 0.516. The normalized spacial score (nSPS) is 10.5. The first-order valence-electron chi connectivity index (χ1n) is 9.06. The van der Waals surface area contributed by atoms with Gasteiger partial charge >= 0.3 is 5.97 Å². The molecule has 3 N–H and O–H groups in total. The molecule has 0 bridgehead atoms. The van der Waals surface area contributed by atoms with Gasteiger partial charge in [0.15, 0.2) is 0 Å². The highest BCUT2D eigenvalue weighted by molar-refractivity contribution is 6.31. The van der Waals surface area contributed by atoms with Crippen molar-refractivity contribution in [1.82, 2.24) is 0 Å². The highest BCUT2D eigenvalue weighted by Crippen LogP contribution is 2.37. The number of carboxylic acid groups (broad SMARTS) is 1. The van der Waals surface area contributed by atoms with E-state index in [0.29, 0.717) is 35.2 Å². The molecule has 0 aliphatic carbocycles. The Balaban J connectivity index is 2.37. The Morgan fingerprint density at radius 1 is 0.967 bits per heavy atom. The molecule has 9 heteroatoms. The molecule has 0 saturated heterocycles. The molecule has 0 heterocycles. The van der Waals surface area contributed by atoms with Crippen LogP contribution in [0.3, 0.4) is 0 Å². The van der Waals surface area contributed by atoms with Crippen LogP contribution in [0.2, 0.25) is 5.02 Å². The molecular formula is C21H21ClN2O6. The van der Waals surface area contributed by atoms with Crippen molar-refractivity contribution in [2.45, 2.75) is 13.8 Å². The number of anilines is 2. The first-order chi connectivity index (χ1) is 14.3. The third kappa shape index (κ3) is 6.52. The number of halogens is 1. The van der Waals surface area contributed by atoms with Gasteiger partial charge in [0.1, 0.15) is 11.5 Å². The van der Waals surface area contributed by atoms with E-state index in [2.05, 4.69) is 10.6 Å². The Morgan fingerprint density at radius 3 is 2.10 bits per heavy atom. The average molecular weight is 433 g/mol. The van der Waals surface area contributed by atoms with Crippen LogP contribution in [0.1, 0.15) is 24.2 Å². The zero-order valence-electron chi connectivity index (χ0n) is 16.4. The summed E-state index contributed by atoms with van der Waals surface area (Å²) in [4.78, 5) is 35.2. The number of carboxylic acids is 1. The minimum atomic E-state index is -1.25. The van der Waals surface area contributed by atoms with Crippen molar-refractivity contribution in [2.75, 3.05) is 23.8 Å². The molecule has 0 radical (unpaired) electrons. The summed E-state index contributed by atoms with van der Waals surface area (Å²) in [6.07, 6.45) is 1.60. The molecule has 0 aliphatic rings. The number of benzene rings is 2. The predicted molar refractivity (Wildman–Crippen MR) is 114 cm³/mol. The van der Waals surface area contributed by atoms with Crippen LogP contribution in [0, 0.1) is 0 Å². The molecule has 0 spiro atoms. The molecule has 30 heavy (non-hydrogen) atoms. The molecular weight excluding hydrogens is 412 g/mol. The molecule has 2 amide bonds. The van der Waals surface area contributed by atoms with E-state index in [1.807, 2.05) is 0 Å². The lowest BCUT2D eigenvalue weighted by molar-refractivity contribution is -0.131. The third-order valence-corrected chi connectivity index (χ3v) is 3.89. The highest BCUT2D eigenvalue weighted by atomic mass is 35.5. The van der Waals surface area contributed by atoms with E-state index in [4.69, 9.17) is 26.2 Å². The van der Waals surface area contributed by atoms with Crippen LogP contribution in [-0.2, 0) is 9.59 Å². The van der Waals surface area contributed by atoms with Gasteiger partial charge in [-0.05, 0) is 32.0 Å². The number of hydrogen-bond donors (Lipinski definition) is 3. The summed E-state index contributed by atoms with van der Waals surface area (Å²) in [7, 11) is 0. The second-order valence-corrected chi connectivity index (χ2v) is 6.27. The Morgan fingerprint density at radius 2 is 1.57 bits per heavy atom. The standard InChI is InChI=1S/C21H21ClN2O6/c1-3-29-17-12-16(24-21(28)13-6-5-7-14(22)10-13)18(30-4-2)11-15(17)23-19(25)8-9-20(26)27/h5-12H,3-4H2,1-2H3,(H,23,25)(H,24,28)(H,26,27). The molecule has 2 aromatic carbocycles. The minimum Gasteiger partial charge on any atom is -0.492 e. The lowest BCUT2D eigenvalue weighted by Gasteiger charge is -2.17. The number of hydrogen-bond acceptors (Lipinski definition) is 5. The second kappa shape index (κ2) is 10.9. The van der Waals surface area contributed by atoms with Crippen molar-refractivity contribution in [3.8, 4) is 11.5 Å². The zero-order chi connectivity index (χ0) is 22.1. The zero-order valence-corrected chi connectivity index (χ0v) is 17.2. The molecule has 0 saturated carbocycles. The lowest BCUT2D eigenvalue weighted by atomic mass is 10.2. The van der Waals surface area contributed by atoms with E-state index in [-0.39, 0.29) is 11.4 Å². The topological polar surface area (TPSA) is 114 Å². The summed E-state index contributed by atoms with van der Waals surface area (Å²) in [5, 5.41) is 14.4. The average Bonchev–Trinajstić information content (AvgIpc) is 2.69. The van der Waals surface area contributed by atoms with E-state index < -0.39 is 17.8 Å². The van der Waals surface area contributed by atoms with Crippen molar-refractivity contribution in [2.24, 2.45) is 0 Å². The fraction of sp³-hybridized carbons (Fsp3) is 0.190. The number of rotatable bonds is 9. The van der Waals surface area contributed by atoms with Crippen LogP contribution in [0.15, 0.2) is 48.6 Å². The number of carbonyl (C=O) groups excluding carboxylic acids is 2. The van der Waals surface area contributed by atoms with Gasteiger partial charge in [-0.3, -0.25) is 9.59 Å². The van der Waals surface area contributed by atoms with Gasteiger partial charge in [-0.2, -0.15) is 0 Å². The predicted octanol–water partition coefficient (Wildman–Crippen LogP) is 3.97. The van der Waals surface area contributed by atoms with Crippen molar-refractivity contribution < 1.29 is 29.0 Å². The Hall–Kier alpha value is -3.52. The van der Waals surface area contributed by atoms with Gasteiger partial charge in [-0.1, -0.05) is 17.7 Å². The molecule has 158 valence electrons. The molecule has 2 aromatic rings. The van der Waals surface area contributed by atoms with E-state index in [9.17, 15) is 14.4 Å². The summed E-state index contributed by atoms with van der Waals surface area (Å²) in [5.41, 5.74) is 0.963. The third-order valence-electron chi connectivity index (χ3n) is 3.65. The van der Waals surface area contributed by atoms with Crippen molar-refractivity contribution in [1.29, 1.82) is 0 Å². The van der Waals surface area contributed by atoms with Crippen LogP contribution in [0.5, 0.6) is 11.5 Å². The number of nitrogens with one attached hydrogen (secondary N) is 2. The summed E-state index contributed by atoms with van der Waals surface area (Å²) in [6.45, 7) is 4.13. The van der Waals surface area contributed by atoms with E-state index >= 15 is 0 Å². The Bertz CT molecular complexity index is 974. The fourth-order valence-electron chi connectivity index (χ4n) is 2.45. The van der Waals surface area contributed by atoms with Crippen molar-refractivity contribution in [3.05, 3.63) is 59.1 Å². The molecule has 0 aromatic heterocycles. The van der Waals surface area contributed by atoms with E-state index in [1.165, 1.54) is 18.2 Å². The van der Waals surface area contributed by atoms with Crippen LogP contribution < -0.4 is 20.1 Å². The van der Waals surface area contributed by atoms with Gasteiger partial charge in [0, 0.05) is 34.9 Å². The fourth-order valence-corrected chi connectivity index (χ4v) is 2.64. The van der Waals surface area contributed by atoms with Gasteiger partial charge in [0.05, 0.1) is 24.6 Å². The van der Waals surface area contributed by atoms with Crippen molar-refractivity contribution >= 4 is 40.8 Å². The molecule has 8 nitrogen and oxygen atoms in total. The van der Waals surface area contributed by atoms with Gasteiger partial charge in [0.25, 0.3) is 5.91 Å². The lowest BCUT2D eigenvalue weighted by Crippen LogP contribution is -2.15. The number of carbonyl (C=O) groups is 3. The largest absolute Gasteiger partial charge is 0.492 e. The smallest absolute Gasteiger partial charge is 0.328 e. The summed E-state index contributed by atoms with van der Waals surface area (Å²) >= 11 is 5.95. The van der Waals surface area contributed by atoms with Gasteiger partial charge in [-0.15, -0.1) is 0 Å². The molecule has 0 aliphatic heterocycles. The Labute approximate surface area is 178 Å². The summed E-state index contributed by atoms with van der Waals surface area (Å²) in [5.74, 6) is -1.73. The minimum absolute atomic E-state index is 0.265. The van der Waals surface area contributed by atoms with Crippen LogP contribution >= 0.6 is 11.6 Å². The Kier molecular flexibility index (Phi) is 8.25.